The van der Waals surface area contributed by atoms with Gasteiger partial charge in [0.25, 0.3) is 5.82 Å². The quantitative estimate of drug-likeness (QED) is 0.676. The number of pyridine rings is 1. The third-order valence-electron chi connectivity index (χ3n) is 3.81. The summed E-state index contributed by atoms with van der Waals surface area (Å²) < 4.78 is 68.2. The number of nitrogens with one attached hydrogen (secondary N) is 1. The zero-order chi connectivity index (χ0) is 19.8. The summed E-state index contributed by atoms with van der Waals surface area (Å²) in [6.07, 6.45) is -3.58. The minimum Gasteiger partial charge on any atom is -0.433 e. The highest BCUT2D eigenvalue weighted by Crippen LogP contribution is 2.29. The molecule has 0 aliphatic rings. The van der Waals surface area contributed by atoms with Crippen molar-refractivity contribution < 1.29 is 26.7 Å². The zero-order valence-corrected chi connectivity index (χ0v) is 14.1. The van der Waals surface area contributed by atoms with Gasteiger partial charge in [-0.15, -0.1) is 15.3 Å². The van der Waals surface area contributed by atoms with Crippen LogP contribution in [-0.2, 0) is 12.7 Å². The Morgan fingerprint density at radius 1 is 1.15 bits per heavy atom. The van der Waals surface area contributed by atoms with E-state index < -0.39 is 18.6 Å². The summed E-state index contributed by atoms with van der Waals surface area (Å²) in [7, 11) is 0. The maximum Gasteiger partial charge on any atom is 0.453 e. The molecule has 3 rings (SSSR count). The number of ether oxygens (including phenoxy) is 1. The van der Waals surface area contributed by atoms with Crippen LogP contribution in [0.25, 0.3) is 5.65 Å². The van der Waals surface area contributed by atoms with E-state index in [2.05, 4.69) is 30.3 Å². The Balaban J connectivity index is 1.85. The van der Waals surface area contributed by atoms with Crippen molar-refractivity contribution in [1.82, 2.24) is 24.8 Å². The van der Waals surface area contributed by atoms with Crippen molar-refractivity contribution in [3.8, 4) is 5.75 Å². The summed E-state index contributed by atoms with van der Waals surface area (Å²) in [4.78, 5) is 3.95. The predicted octanol–water partition coefficient (Wildman–Crippen LogP) is 3.37. The molecule has 0 radical (unpaired) electrons. The van der Waals surface area contributed by atoms with Gasteiger partial charge in [0.1, 0.15) is 5.75 Å². The molecule has 3 aromatic rings. The third kappa shape index (κ3) is 3.88. The number of anilines is 1. The van der Waals surface area contributed by atoms with Crippen molar-refractivity contribution in [3.05, 3.63) is 41.0 Å². The Bertz CT molecular complexity index is 954. The fourth-order valence-electron chi connectivity index (χ4n) is 2.34. The normalized spacial score (nSPS) is 12.0. The second-order valence-corrected chi connectivity index (χ2v) is 5.57. The highest BCUT2D eigenvalue weighted by atomic mass is 19.4. The molecule has 0 unspecified atom stereocenters. The van der Waals surface area contributed by atoms with Crippen LogP contribution >= 0.6 is 0 Å². The number of fused-ring (bicyclic) bond motifs is 1. The van der Waals surface area contributed by atoms with Gasteiger partial charge in [0.15, 0.2) is 11.5 Å². The maximum absolute atomic E-state index is 13.0. The molecule has 0 atom stereocenters. The Morgan fingerprint density at radius 2 is 1.89 bits per heavy atom. The summed E-state index contributed by atoms with van der Waals surface area (Å²) in [5, 5.41) is 13.6. The van der Waals surface area contributed by atoms with Crippen LogP contribution < -0.4 is 10.1 Å². The first-order chi connectivity index (χ1) is 12.7. The summed E-state index contributed by atoms with van der Waals surface area (Å²) in [6, 6.07) is 2.76. The number of nitrogens with zero attached hydrogens (tertiary/aromatic N) is 5. The summed E-state index contributed by atoms with van der Waals surface area (Å²) in [5.74, 6) is -1.13. The molecule has 0 aliphatic carbocycles. The molecule has 3 heterocycles. The van der Waals surface area contributed by atoms with Gasteiger partial charge < -0.3 is 10.1 Å². The van der Waals surface area contributed by atoms with Crippen LogP contribution in [0.4, 0.5) is 27.8 Å². The number of hydrogen-bond acceptors (Lipinski definition) is 6. The lowest BCUT2D eigenvalue weighted by molar-refractivity contribution is -0.146. The fraction of sp³-hybridized carbons (Fsp3) is 0.333. The standard InChI is InChI=1S/C15H13F5N6O/c1-7-8(2)12-23-24-13(15(18,19)20)26(12)25-11(7)22-5-9-3-4-10(6-21-9)27-14(16)17/h3-4,6,14H,5H2,1-2H3,(H,22,25). The van der Waals surface area contributed by atoms with Gasteiger partial charge >= 0.3 is 12.8 Å². The highest BCUT2D eigenvalue weighted by molar-refractivity contribution is 5.58. The molecule has 0 amide bonds. The molecule has 0 fully saturated rings. The second-order valence-electron chi connectivity index (χ2n) is 5.57. The Labute approximate surface area is 149 Å². The van der Waals surface area contributed by atoms with Crippen molar-refractivity contribution in [3.63, 3.8) is 0 Å². The largest absolute Gasteiger partial charge is 0.453 e. The van der Waals surface area contributed by atoms with Crippen LogP contribution in [0.3, 0.4) is 0 Å². The van der Waals surface area contributed by atoms with Gasteiger partial charge in [0.05, 0.1) is 18.4 Å². The molecule has 0 bridgehead atoms. The lowest BCUT2D eigenvalue weighted by Crippen LogP contribution is -2.15. The van der Waals surface area contributed by atoms with Crippen molar-refractivity contribution >= 4 is 11.5 Å². The van der Waals surface area contributed by atoms with Crippen molar-refractivity contribution in [2.75, 3.05) is 5.32 Å². The Hall–Kier alpha value is -3.05. The first-order valence-electron chi connectivity index (χ1n) is 7.60. The SMILES string of the molecule is Cc1c(NCc2ccc(OC(F)F)cn2)nn2c(C(F)(F)F)nnc2c1C. The molecular formula is C15H13F5N6O. The fourth-order valence-corrected chi connectivity index (χ4v) is 2.34. The van der Waals surface area contributed by atoms with E-state index in [1.54, 1.807) is 13.8 Å². The second kappa shape index (κ2) is 6.93. The van der Waals surface area contributed by atoms with Crippen LogP contribution in [0.2, 0.25) is 0 Å². The number of aryl methyl sites for hydroxylation is 1. The molecule has 12 heteroatoms. The van der Waals surface area contributed by atoms with Gasteiger partial charge in [-0.25, -0.2) is 0 Å². The van der Waals surface area contributed by atoms with Crippen molar-refractivity contribution in [2.24, 2.45) is 0 Å². The van der Waals surface area contributed by atoms with Crippen LogP contribution in [0.5, 0.6) is 5.75 Å². The van der Waals surface area contributed by atoms with Gasteiger partial charge in [0.2, 0.25) is 0 Å². The minimum absolute atomic E-state index is 0.0111. The molecule has 144 valence electrons. The first-order valence-corrected chi connectivity index (χ1v) is 7.60. The van der Waals surface area contributed by atoms with Gasteiger partial charge in [0, 0.05) is 5.56 Å². The molecule has 1 N–H and O–H groups in total. The molecule has 3 aromatic heterocycles. The molecule has 7 nitrogen and oxygen atoms in total. The van der Waals surface area contributed by atoms with E-state index in [1.165, 1.54) is 12.1 Å². The van der Waals surface area contributed by atoms with Crippen LogP contribution in [0.1, 0.15) is 22.6 Å². The molecule has 0 spiro atoms. The van der Waals surface area contributed by atoms with E-state index in [4.69, 9.17) is 0 Å². The molecule has 27 heavy (non-hydrogen) atoms. The van der Waals surface area contributed by atoms with Crippen LogP contribution in [-0.4, -0.2) is 31.4 Å². The van der Waals surface area contributed by atoms with E-state index in [0.717, 1.165) is 6.20 Å². The van der Waals surface area contributed by atoms with E-state index >= 15 is 0 Å². The molecular weight excluding hydrogens is 375 g/mol. The van der Waals surface area contributed by atoms with Crippen LogP contribution in [0.15, 0.2) is 18.3 Å². The van der Waals surface area contributed by atoms with E-state index in [0.29, 0.717) is 21.3 Å². The topological polar surface area (TPSA) is 77.2 Å². The molecule has 0 aromatic carbocycles. The zero-order valence-electron chi connectivity index (χ0n) is 14.1. The summed E-state index contributed by atoms with van der Waals surface area (Å²) in [5.41, 5.74) is 1.55. The molecule has 0 saturated heterocycles. The smallest absolute Gasteiger partial charge is 0.433 e. The van der Waals surface area contributed by atoms with Crippen LogP contribution in [0, 0.1) is 13.8 Å². The highest BCUT2D eigenvalue weighted by Gasteiger charge is 2.38. The lowest BCUT2D eigenvalue weighted by Gasteiger charge is -2.12. The summed E-state index contributed by atoms with van der Waals surface area (Å²) >= 11 is 0. The average molecular weight is 388 g/mol. The Kier molecular flexibility index (Phi) is 4.81. The van der Waals surface area contributed by atoms with Gasteiger partial charge in [-0.2, -0.15) is 26.5 Å². The Morgan fingerprint density at radius 3 is 2.48 bits per heavy atom. The van der Waals surface area contributed by atoms with Crippen molar-refractivity contribution in [1.29, 1.82) is 0 Å². The van der Waals surface area contributed by atoms with Gasteiger partial charge in [-0.05, 0) is 31.5 Å². The maximum atomic E-state index is 13.0. The van der Waals surface area contributed by atoms with E-state index in [9.17, 15) is 22.0 Å². The van der Waals surface area contributed by atoms with Gasteiger partial charge in [-0.3, -0.25) is 4.98 Å². The number of alkyl halides is 5. The molecule has 0 saturated carbocycles. The summed E-state index contributed by atoms with van der Waals surface area (Å²) in [6.45, 7) is 0.446. The molecule has 0 aliphatic heterocycles. The van der Waals surface area contributed by atoms with E-state index in [1.807, 2.05) is 0 Å². The number of hydrogen-bond donors (Lipinski definition) is 1. The average Bonchev–Trinajstić information content (AvgIpc) is 3.02. The third-order valence-corrected chi connectivity index (χ3v) is 3.81. The monoisotopic (exact) mass is 388 g/mol. The van der Waals surface area contributed by atoms with Crippen molar-refractivity contribution in [2.45, 2.75) is 33.2 Å². The lowest BCUT2D eigenvalue weighted by atomic mass is 10.2. The number of aromatic nitrogens is 5. The van der Waals surface area contributed by atoms with E-state index in [-0.39, 0.29) is 23.8 Å². The van der Waals surface area contributed by atoms with Gasteiger partial charge in [-0.1, -0.05) is 0 Å². The number of rotatable bonds is 5. The first kappa shape index (κ1) is 18.7. The predicted molar refractivity (Wildman–Crippen MR) is 83.5 cm³/mol. The number of halogens is 5. The minimum atomic E-state index is -4.70.